The summed E-state index contributed by atoms with van der Waals surface area (Å²) in [4.78, 5) is 32.7. The summed E-state index contributed by atoms with van der Waals surface area (Å²) in [5.74, 6) is -1.86. The molecule has 1 unspecified atom stereocenters. The highest BCUT2D eigenvalue weighted by Gasteiger charge is 2.46. The second-order valence-corrected chi connectivity index (χ2v) is 9.95. The highest BCUT2D eigenvalue weighted by molar-refractivity contribution is 7.22. The van der Waals surface area contributed by atoms with Gasteiger partial charge in [-0.05, 0) is 53.6 Å². The van der Waals surface area contributed by atoms with Gasteiger partial charge in [0.15, 0.2) is 28.1 Å². The van der Waals surface area contributed by atoms with E-state index in [-0.39, 0.29) is 16.5 Å². The number of aliphatic hydroxyl groups excluding tert-OH is 1. The van der Waals surface area contributed by atoms with Crippen LogP contribution in [0, 0.1) is 5.82 Å². The minimum Gasteiger partial charge on any atom is -0.503 e. The molecule has 40 heavy (non-hydrogen) atoms. The van der Waals surface area contributed by atoms with Gasteiger partial charge in [-0.3, -0.25) is 14.5 Å². The fourth-order valence-corrected chi connectivity index (χ4v) is 5.61. The van der Waals surface area contributed by atoms with Crippen molar-refractivity contribution in [2.45, 2.75) is 12.6 Å². The number of Topliss-reactive ketones (excluding diaryl/α,β-unsaturated/α-hetero) is 1. The number of furan rings is 1. The molecule has 0 saturated carbocycles. The molecule has 0 radical (unpaired) electrons. The zero-order valence-corrected chi connectivity index (χ0v) is 21.9. The topological polar surface area (TPSA) is 102 Å². The molecule has 1 atom stereocenters. The normalized spacial score (nSPS) is 15.2. The molecule has 0 aliphatic carbocycles. The Kier molecular flexibility index (Phi) is 6.53. The van der Waals surface area contributed by atoms with Crippen LogP contribution in [0.5, 0.6) is 11.5 Å². The van der Waals surface area contributed by atoms with Gasteiger partial charge in [0.25, 0.3) is 5.91 Å². The lowest BCUT2D eigenvalue weighted by atomic mass is 9.95. The van der Waals surface area contributed by atoms with E-state index in [0.29, 0.717) is 33.9 Å². The minimum absolute atomic E-state index is 0.0395. The predicted octanol–water partition coefficient (Wildman–Crippen LogP) is 6.40. The number of carbonyl (C=O) groups excluding carboxylic acids is 2. The van der Waals surface area contributed by atoms with Gasteiger partial charge < -0.3 is 19.0 Å². The first-order valence-electron chi connectivity index (χ1n) is 12.2. The number of nitrogens with zero attached hydrogens (tertiary/aromatic N) is 2. The molecule has 0 saturated heterocycles. The van der Waals surface area contributed by atoms with Crippen molar-refractivity contribution in [3.63, 3.8) is 0 Å². The zero-order valence-electron chi connectivity index (χ0n) is 21.0. The van der Waals surface area contributed by atoms with Crippen LogP contribution >= 0.6 is 11.3 Å². The third kappa shape index (κ3) is 4.48. The molecule has 3 aromatic carbocycles. The number of benzene rings is 3. The average Bonchev–Trinajstić information content (AvgIpc) is 3.71. The van der Waals surface area contributed by atoms with E-state index in [0.717, 1.165) is 16.9 Å². The number of thiazole rings is 1. The van der Waals surface area contributed by atoms with Crippen molar-refractivity contribution >= 4 is 38.4 Å². The van der Waals surface area contributed by atoms with Crippen LogP contribution in [0.25, 0.3) is 10.2 Å². The van der Waals surface area contributed by atoms with E-state index in [4.69, 9.17) is 13.9 Å². The van der Waals surface area contributed by atoms with Crippen LogP contribution in [0.2, 0.25) is 0 Å². The zero-order chi connectivity index (χ0) is 27.8. The van der Waals surface area contributed by atoms with Crippen molar-refractivity contribution in [1.82, 2.24) is 4.98 Å². The molecular weight excluding hydrogens is 535 g/mol. The average molecular weight is 557 g/mol. The molecule has 200 valence electrons. The molecule has 0 bridgehead atoms. The molecule has 5 aromatic rings. The summed E-state index contributed by atoms with van der Waals surface area (Å²) in [7, 11) is 1.48. The van der Waals surface area contributed by atoms with E-state index < -0.39 is 29.3 Å². The second-order valence-electron chi connectivity index (χ2n) is 8.94. The maximum absolute atomic E-state index is 13.9. The Labute approximate surface area is 231 Å². The van der Waals surface area contributed by atoms with Crippen molar-refractivity contribution in [3.05, 3.63) is 119 Å². The number of aromatic nitrogens is 1. The summed E-state index contributed by atoms with van der Waals surface area (Å²) in [6, 6.07) is 20.6. The molecule has 0 fully saturated rings. The minimum atomic E-state index is -1.08. The number of fused-ring (bicyclic) bond motifs is 1. The monoisotopic (exact) mass is 556 g/mol. The highest BCUT2D eigenvalue weighted by Crippen LogP contribution is 2.45. The van der Waals surface area contributed by atoms with Gasteiger partial charge in [0.05, 0.1) is 35.2 Å². The molecule has 2 aromatic heterocycles. The van der Waals surface area contributed by atoms with Crippen molar-refractivity contribution < 1.29 is 33.0 Å². The van der Waals surface area contributed by atoms with E-state index >= 15 is 0 Å². The smallest absolute Gasteiger partial charge is 0.296 e. The van der Waals surface area contributed by atoms with Crippen molar-refractivity contribution in [2.75, 3.05) is 12.0 Å². The molecule has 1 amide bonds. The molecule has 0 spiro atoms. The van der Waals surface area contributed by atoms with Crippen LogP contribution in [0.15, 0.2) is 101 Å². The number of halogens is 1. The van der Waals surface area contributed by atoms with Gasteiger partial charge in [-0.15, -0.1) is 0 Å². The lowest BCUT2D eigenvalue weighted by molar-refractivity contribution is -0.117. The summed E-state index contributed by atoms with van der Waals surface area (Å²) in [6.07, 6.45) is 1.33. The van der Waals surface area contributed by atoms with E-state index in [2.05, 4.69) is 4.98 Å². The molecular formula is C30H21FN2O6S. The third-order valence-electron chi connectivity index (χ3n) is 6.48. The molecule has 6 rings (SSSR count). The predicted molar refractivity (Wildman–Crippen MR) is 146 cm³/mol. The van der Waals surface area contributed by atoms with E-state index in [1.165, 1.54) is 42.5 Å². The van der Waals surface area contributed by atoms with Gasteiger partial charge in [0, 0.05) is 0 Å². The Morgan fingerprint density at radius 2 is 1.90 bits per heavy atom. The fraction of sp³-hybridized carbons (Fsp3) is 0.100. The van der Waals surface area contributed by atoms with E-state index in [1.54, 1.807) is 24.3 Å². The summed E-state index contributed by atoms with van der Waals surface area (Å²) in [5.41, 5.74) is 1.72. The maximum atomic E-state index is 13.9. The fourth-order valence-electron chi connectivity index (χ4n) is 4.59. The molecule has 1 N–H and O–H groups in total. The SMILES string of the molecule is COc1cc(C2C(C(=O)c3ccco3)=C(O)C(=O)N2c2nc3ccc(F)cc3s2)ccc1OCc1ccccc1. The summed E-state index contributed by atoms with van der Waals surface area (Å²) in [6.45, 7) is 0.301. The molecule has 1 aliphatic rings. The standard InChI is InChI=1S/C30H21FN2O6S/c1-37-23-14-18(9-12-21(23)39-16-17-6-3-2-4-7-17)26-25(27(34)22-8-5-13-38-22)28(35)29(36)33(26)30-32-20-11-10-19(31)15-24(20)40-30/h2-15,26,35H,16H2,1H3. The number of ether oxygens (including phenoxy) is 2. The Morgan fingerprint density at radius 3 is 2.65 bits per heavy atom. The second kappa shape index (κ2) is 10.3. The number of hydrogen-bond donors (Lipinski definition) is 1. The molecule has 1 aliphatic heterocycles. The van der Waals surface area contributed by atoms with Crippen LogP contribution in [0.4, 0.5) is 9.52 Å². The number of carbonyl (C=O) groups is 2. The molecule has 8 nitrogen and oxygen atoms in total. The number of anilines is 1. The largest absolute Gasteiger partial charge is 0.503 e. The van der Waals surface area contributed by atoms with Gasteiger partial charge in [0.1, 0.15) is 12.4 Å². The van der Waals surface area contributed by atoms with Gasteiger partial charge in [-0.2, -0.15) is 0 Å². The number of rotatable bonds is 8. The number of aliphatic hydroxyl groups is 1. The summed E-state index contributed by atoms with van der Waals surface area (Å²) >= 11 is 1.07. The third-order valence-corrected chi connectivity index (χ3v) is 7.50. The first-order chi connectivity index (χ1) is 19.4. The summed E-state index contributed by atoms with van der Waals surface area (Å²) in [5, 5.41) is 11.2. The lowest BCUT2D eigenvalue weighted by Crippen LogP contribution is -2.31. The lowest BCUT2D eigenvalue weighted by Gasteiger charge is -2.25. The van der Waals surface area contributed by atoms with Crippen molar-refractivity contribution in [2.24, 2.45) is 0 Å². The van der Waals surface area contributed by atoms with Gasteiger partial charge in [0.2, 0.25) is 5.78 Å². The molecule has 10 heteroatoms. The van der Waals surface area contributed by atoms with Crippen LogP contribution in [-0.2, 0) is 11.4 Å². The Balaban J connectivity index is 1.44. The van der Waals surface area contributed by atoms with Gasteiger partial charge in [-0.1, -0.05) is 47.7 Å². The van der Waals surface area contributed by atoms with E-state index in [9.17, 15) is 19.1 Å². The first kappa shape index (κ1) is 25.3. The van der Waals surface area contributed by atoms with Crippen molar-refractivity contribution in [1.29, 1.82) is 0 Å². The van der Waals surface area contributed by atoms with Gasteiger partial charge in [-0.25, -0.2) is 9.37 Å². The first-order valence-corrected chi connectivity index (χ1v) is 13.0. The number of amides is 1. The Bertz CT molecular complexity index is 1760. The van der Waals surface area contributed by atoms with Crippen LogP contribution < -0.4 is 14.4 Å². The van der Waals surface area contributed by atoms with Crippen LogP contribution in [0.3, 0.4) is 0 Å². The summed E-state index contributed by atoms with van der Waals surface area (Å²) < 4.78 is 31.3. The molecule has 3 heterocycles. The Morgan fingerprint density at radius 1 is 1.07 bits per heavy atom. The maximum Gasteiger partial charge on any atom is 0.296 e. The highest BCUT2D eigenvalue weighted by atomic mass is 32.1. The quantitative estimate of drug-likeness (QED) is 0.221. The number of ketones is 1. The number of methoxy groups -OCH3 is 1. The Hall–Kier alpha value is -4.96. The van der Waals surface area contributed by atoms with Crippen LogP contribution in [-0.4, -0.2) is 28.9 Å². The van der Waals surface area contributed by atoms with Gasteiger partial charge >= 0.3 is 0 Å². The van der Waals surface area contributed by atoms with Crippen molar-refractivity contribution in [3.8, 4) is 11.5 Å². The van der Waals surface area contributed by atoms with Crippen LogP contribution in [0.1, 0.15) is 27.7 Å². The van der Waals surface area contributed by atoms with E-state index in [1.807, 2.05) is 30.3 Å². The number of hydrogen-bond acceptors (Lipinski definition) is 8.